The van der Waals surface area contributed by atoms with E-state index in [0.717, 1.165) is 48.2 Å². The number of aromatic nitrogens is 2. The van der Waals surface area contributed by atoms with Crippen molar-refractivity contribution in [2.45, 2.75) is 78.6 Å². The molecular formula is C35H43N7O4S2. The third-order valence-electron chi connectivity index (χ3n) is 7.91. The zero-order chi connectivity index (χ0) is 34.6. The SMILES string of the molecule is CCC(C)=C(SC(=NC)NC(=O)Cc1cccc(NC(C)=O)c1)C1CCCC(c2nnc(NC(=O)Cc3cccc(NC(C)=O)c3)s2)C1. The second-order valence-electron chi connectivity index (χ2n) is 11.8. The topological polar surface area (TPSA) is 155 Å². The maximum atomic E-state index is 13.0. The number of anilines is 3. The molecule has 11 nitrogen and oxygen atoms in total. The van der Waals surface area contributed by atoms with Gasteiger partial charge in [0.1, 0.15) is 5.01 Å². The predicted molar refractivity (Wildman–Crippen MR) is 194 cm³/mol. The highest BCUT2D eigenvalue weighted by Gasteiger charge is 2.30. The smallest absolute Gasteiger partial charge is 0.230 e. The fraction of sp³-hybridized carbons (Fsp3) is 0.400. The van der Waals surface area contributed by atoms with Gasteiger partial charge < -0.3 is 21.3 Å². The molecule has 1 aliphatic carbocycles. The van der Waals surface area contributed by atoms with E-state index in [4.69, 9.17) is 0 Å². The molecule has 48 heavy (non-hydrogen) atoms. The summed E-state index contributed by atoms with van der Waals surface area (Å²) in [5.74, 6) is -0.237. The van der Waals surface area contributed by atoms with Crippen LogP contribution < -0.4 is 21.3 Å². The van der Waals surface area contributed by atoms with Crippen LogP contribution in [0.1, 0.15) is 81.9 Å². The van der Waals surface area contributed by atoms with E-state index < -0.39 is 0 Å². The number of hydrogen-bond donors (Lipinski definition) is 4. The molecule has 0 aliphatic heterocycles. The van der Waals surface area contributed by atoms with Crippen molar-refractivity contribution >= 4 is 68.4 Å². The van der Waals surface area contributed by atoms with Gasteiger partial charge in [-0.3, -0.25) is 24.2 Å². The van der Waals surface area contributed by atoms with Crippen LogP contribution in [-0.4, -0.2) is 46.0 Å². The molecule has 0 saturated heterocycles. The summed E-state index contributed by atoms with van der Waals surface area (Å²) >= 11 is 2.93. The van der Waals surface area contributed by atoms with Crippen molar-refractivity contribution in [3.8, 4) is 0 Å². The molecule has 4 N–H and O–H groups in total. The summed E-state index contributed by atoms with van der Waals surface area (Å²) in [6, 6.07) is 14.5. The maximum Gasteiger partial charge on any atom is 0.230 e. The summed E-state index contributed by atoms with van der Waals surface area (Å²) in [4.78, 5) is 54.2. The molecule has 3 aromatic rings. The number of thioether (sulfide) groups is 1. The van der Waals surface area contributed by atoms with Gasteiger partial charge in [0, 0.05) is 38.2 Å². The van der Waals surface area contributed by atoms with Crippen molar-refractivity contribution in [1.82, 2.24) is 15.5 Å². The molecule has 4 amide bonds. The highest BCUT2D eigenvalue weighted by molar-refractivity contribution is 8.17. The zero-order valence-electron chi connectivity index (χ0n) is 28.0. The number of aliphatic imine (C=N–C) groups is 1. The minimum atomic E-state index is -0.201. The minimum absolute atomic E-state index is 0.150. The quantitative estimate of drug-likeness (QED) is 0.129. The number of allylic oxidation sites excluding steroid dienone is 2. The van der Waals surface area contributed by atoms with Crippen molar-refractivity contribution < 1.29 is 19.2 Å². The Morgan fingerprint density at radius 3 is 2.08 bits per heavy atom. The summed E-state index contributed by atoms with van der Waals surface area (Å²) in [6.45, 7) is 7.17. The van der Waals surface area contributed by atoms with Crippen LogP contribution in [0.3, 0.4) is 0 Å². The van der Waals surface area contributed by atoms with Crippen LogP contribution in [0.2, 0.25) is 0 Å². The average Bonchev–Trinajstić information content (AvgIpc) is 3.50. The Morgan fingerprint density at radius 2 is 1.50 bits per heavy atom. The number of carbonyl (C=O) groups excluding carboxylic acids is 4. The molecule has 1 aromatic heterocycles. The van der Waals surface area contributed by atoms with E-state index in [2.05, 4.69) is 50.3 Å². The van der Waals surface area contributed by atoms with Gasteiger partial charge in [-0.15, -0.1) is 10.2 Å². The maximum absolute atomic E-state index is 13.0. The van der Waals surface area contributed by atoms with Gasteiger partial charge in [0.15, 0.2) is 5.17 Å². The average molecular weight is 690 g/mol. The first kappa shape index (κ1) is 36.5. The molecule has 1 aliphatic rings. The second-order valence-corrected chi connectivity index (χ2v) is 13.9. The number of nitrogens with zero attached hydrogens (tertiary/aromatic N) is 3. The van der Waals surface area contributed by atoms with Crippen LogP contribution in [0, 0.1) is 5.92 Å². The molecule has 254 valence electrons. The van der Waals surface area contributed by atoms with Crippen molar-refractivity contribution in [1.29, 1.82) is 0 Å². The summed E-state index contributed by atoms with van der Waals surface area (Å²) in [5.41, 5.74) is 4.13. The van der Waals surface area contributed by atoms with E-state index >= 15 is 0 Å². The van der Waals surface area contributed by atoms with E-state index in [-0.39, 0.29) is 48.3 Å². The number of hydrogen-bond acceptors (Lipinski definition) is 9. The Morgan fingerprint density at radius 1 is 0.875 bits per heavy atom. The number of amides is 4. The summed E-state index contributed by atoms with van der Waals surface area (Å²) in [7, 11) is 1.68. The molecule has 0 bridgehead atoms. The van der Waals surface area contributed by atoms with Crippen molar-refractivity contribution in [3.63, 3.8) is 0 Å². The van der Waals surface area contributed by atoms with Crippen molar-refractivity contribution in [3.05, 3.63) is 75.1 Å². The van der Waals surface area contributed by atoms with Gasteiger partial charge in [0.2, 0.25) is 28.8 Å². The monoisotopic (exact) mass is 689 g/mol. The molecule has 2 aromatic carbocycles. The van der Waals surface area contributed by atoms with Crippen LogP contribution in [-0.2, 0) is 32.0 Å². The number of rotatable bonds is 11. The fourth-order valence-corrected chi connectivity index (χ4v) is 7.72. The van der Waals surface area contributed by atoms with Gasteiger partial charge in [0.25, 0.3) is 0 Å². The Bertz CT molecular complexity index is 1700. The van der Waals surface area contributed by atoms with E-state index in [1.807, 2.05) is 18.2 Å². The summed E-state index contributed by atoms with van der Waals surface area (Å²) in [5, 5.41) is 22.0. The Labute approximate surface area is 289 Å². The summed E-state index contributed by atoms with van der Waals surface area (Å²) < 4.78 is 0. The normalized spacial score (nSPS) is 16.8. The highest BCUT2D eigenvalue weighted by Crippen LogP contribution is 2.45. The Hall–Kier alpha value is -4.36. The first-order valence-electron chi connectivity index (χ1n) is 16.0. The van der Waals surface area contributed by atoms with Gasteiger partial charge >= 0.3 is 0 Å². The molecule has 2 atom stereocenters. The van der Waals surface area contributed by atoms with Gasteiger partial charge in [0.05, 0.1) is 12.8 Å². The Kier molecular flexibility index (Phi) is 13.4. The van der Waals surface area contributed by atoms with Crippen molar-refractivity contribution in [2.75, 3.05) is 23.0 Å². The first-order chi connectivity index (χ1) is 23.0. The minimum Gasteiger partial charge on any atom is -0.326 e. The number of amidine groups is 1. The molecule has 0 radical (unpaired) electrons. The molecule has 1 saturated carbocycles. The lowest BCUT2D eigenvalue weighted by atomic mass is 9.80. The lowest BCUT2D eigenvalue weighted by molar-refractivity contribution is -0.119. The van der Waals surface area contributed by atoms with Gasteiger partial charge in [-0.1, -0.05) is 66.3 Å². The number of benzene rings is 2. The van der Waals surface area contributed by atoms with Gasteiger partial charge in [-0.25, -0.2) is 0 Å². The van der Waals surface area contributed by atoms with Crippen LogP contribution in [0.5, 0.6) is 0 Å². The fourth-order valence-electron chi connectivity index (χ4n) is 5.65. The standard InChI is InChI=1S/C35H43N7O4S2/c1-6-21(2)32(47-34(36-5)39-30(45)18-24-10-7-14-28(16-24)37-22(3)43)26-12-9-13-27(20-26)33-41-42-35(48-33)40-31(46)19-25-11-8-15-29(17-25)38-23(4)44/h7-8,10-11,14-17,26-27H,6,9,12-13,18-20H2,1-5H3,(H,37,43)(H,38,44)(H,36,39,45)(H,40,42,46). The van der Waals surface area contributed by atoms with Crippen LogP contribution in [0.25, 0.3) is 0 Å². The van der Waals surface area contributed by atoms with Crippen LogP contribution in [0.4, 0.5) is 16.5 Å². The highest BCUT2D eigenvalue weighted by atomic mass is 32.2. The third kappa shape index (κ3) is 11.1. The van der Waals surface area contributed by atoms with Gasteiger partial charge in [-0.05, 0) is 78.8 Å². The molecule has 1 fully saturated rings. The predicted octanol–water partition coefficient (Wildman–Crippen LogP) is 6.67. The van der Waals surface area contributed by atoms with Crippen molar-refractivity contribution in [2.24, 2.45) is 10.9 Å². The second kappa shape index (κ2) is 17.7. The van der Waals surface area contributed by atoms with Gasteiger partial charge in [-0.2, -0.15) is 0 Å². The van der Waals surface area contributed by atoms with Crippen LogP contribution >= 0.6 is 23.1 Å². The molecule has 0 spiro atoms. The van der Waals surface area contributed by atoms with E-state index in [0.29, 0.717) is 21.7 Å². The molecule has 4 rings (SSSR count). The Balaban J connectivity index is 1.36. The molecular weight excluding hydrogens is 647 g/mol. The first-order valence-corrected chi connectivity index (χ1v) is 17.7. The zero-order valence-corrected chi connectivity index (χ0v) is 29.6. The lowest BCUT2D eigenvalue weighted by Gasteiger charge is -2.30. The number of carbonyl (C=O) groups is 4. The van der Waals surface area contributed by atoms with E-state index in [1.165, 1.54) is 47.4 Å². The molecule has 1 heterocycles. The molecule has 2 unspecified atom stereocenters. The van der Waals surface area contributed by atoms with Crippen LogP contribution in [0.15, 0.2) is 64.0 Å². The number of nitrogens with one attached hydrogen (secondary N) is 4. The van der Waals surface area contributed by atoms with E-state index in [9.17, 15) is 19.2 Å². The summed E-state index contributed by atoms with van der Waals surface area (Å²) in [6.07, 6.45) is 5.11. The van der Waals surface area contributed by atoms with E-state index in [1.54, 1.807) is 37.4 Å². The largest absolute Gasteiger partial charge is 0.326 e. The lowest BCUT2D eigenvalue weighted by Crippen LogP contribution is -2.30. The third-order valence-corrected chi connectivity index (χ3v) is 10.3. The molecule has 13 heteroatoms.